The summed E-state index contributed by atoms with van der Waals surface area (Å²) in [5.41, 5.74) is 7.98. The van der Waals surface area contributed by atoms with Crippen LogP contribution in [0.3, 0.4) is 0 Å². The molecule has 2 fully saturated rings. The van der Waals surface area contributed by atoms with Crippen molar-refractivity contribution in [1.29, 1.82) is 0 Å². The number of hydrogen-bond donors (Lipinski definition) is 2. The molecule has 1 heterocycles. The zero-order valence-corrected chi connectivity index (χ0v) is 11.4. The first kappa shape index (κ1) is 13.1. The topological polar surface area (TPSA) is 75.4 Å². The number of hydrogen-bond acceptors (Lipinski definition) is 3. The van der Waals surface area contributed by atoms with Crippen molar-refractivity contribution in [2.45, 2.75) is 24.7 Å². The normalized spacial score (nSPS) is 21.4. The Morgan fingerprint density at radius 1 is 1.30 bits per heavy atom. The molecule has 3 N–H and O–H groups in total. The van der Waals surface area contributed by atoms with Crippen LogP contribution in [0.25, 0.3) is 0 Å². The van der Waals surface area contributed by atoms with Crippen LogP contribution in [0.2, 0.25) is 0 Å². The van der Waals surface area contributed by atoms with Gasteiger partial charge in [0.05, 0.1) is 6.54 Å². The maximum atomic E-state index is 11.9. The van der Waals surface area contributed by atoms with Crippen molar-refractivity contribution in [1.82, 2.24) is 5.32 Å². The fourth-order valence-corrected chi connectivity index (χ4v) is 3.01. The molecule has 1 aromatic carbocycles. The van der Waals surface area contributed by atoms with Gasteiger partial charge in [-0.05, 0) is 30.5 Å². The monoisotopic (exact) mass is 273 g/mol. The van der Waals surface area contributed by atoms with Crippen LogP contribution in [0.5, 0.6) is 0 Å². The van der Waals surface area contributed by atoms with E-state index in [2.05, 4.69) is 11.4 Å². The molecule has 1 aromatic rings. The molecule has 1 saturated carbocycles. The Labute approximate surface area is 118 Å². The predicted octanol–water partition coefficient (Wildman–Crippen LogP) is 0.530. The molecule has 1 aliphatic heterocycles. The molecule has 0 radical (unpaired) electrons. The lowest BCUT2D eigenvalue weighted by Crippen LogP contribution is -2.51. The van der Waals surface area contributed by atoms with Gasteiger partial charge in [0, 0.05) is 17.6 Å². The minimum absolute atomic E-state index is 0.0666. The lowest BCUT2D eigenvalue weighted by atomic mass is 9.64. The van der Waals surface area contributed by atoms with E-state index >= 15 is 0 Å². The van der Waals surface area contributed by atoms with Crippen molar-refractivity contribution in [3.63, 3.8) is 0 Å². The number of carbonyl (C=O) groups excluding carboxylic acids is 2. The highest BCUT2D eigenvalue weighted by Gasteiger charge is 2.37. The van der Waals surface area contributed by atoms with Gasteiger partial charge in [-0.25, -0.2) is 0 Å². The summed E-state index contributed by atoms with van der Waals surface area (Å²) < 4.78 is 0. The quantitative estimate of drug-likeness (QED) is 0.843. The van der Waals surface area contributed by atoms with Crippen LogP contribution in [0.1, 0.15) is 24.8 Å². The van der Waals surface area contributed by atoms with Gasteiger partial charge in [-0.2, -0.15) is 0 Å². The van der Waals surface area contributed by atoms with E-state index in [-0.39, 0.29) is 30.3 Å². The highest BCUT2D eigenvalue weighted by molar-refractivity contribution is 6.04. The summed E-state index contributed by atoms with van der Waals surface area (Å²) in [4.78, 5) is 25.0. The van der Waals surface area contributed by atoms with Crippen molar-refractivity contribution >= 4 is 17.5 Å². The van der Waals surface area contributed by atoms with Crippen LogP contribution in [-0.2, 0) is 15.0 Å². The largest absolute Gasteiger partial charge is 0.345 e. The van der Waals surface area contributed by atoms with E-state index in [1.165, 1.54) is 12.0 Å². The third-order valence-corrected chi connectivity index (χ3v) is 4.51. The fraction of sp³-hybridized carbons (Fsp3) is 0.467. The Hall–Kier alpha value is -1.88. The van der Waals surface area contributed by atoms with E-state index in [0.29, 0.717) is 6.54 Å². The van der Waals surface area contributed by atoms with Crippen LogP contribution >= 0.6 is 0 Å². The standard InChI is InChI=1S/C15H19N3O2/c16-10-15(5-2-6-15)11-3-1-4-12(7-11)18-9-13(19)17-8-14(18)20/h1,3-4,7H,2,5-6,8-10,16H2,(H,17,19). The first-order chi connectivity index (χ1) is 9.64. The second kappa shape index (κ2) is 4.90. The molecule has 0 aromatic heterocycles. The molecule has 106 valence electrons. The van der Waals surface area contributed by atoms with Gasteiger partial charge >= 0.3 is 0 Å². The second-order valence-corrected chi connectivity index (χ2v) is 5.64. The van der Waals surface area contributed by atoms with E-state index in [1.807, 2.05) is 18.2 Å². The summed E-state index contributed by atoms with van der Waals surface area (Å²) in [5, 5.41) is 2.56. The highest BCUT2D eigenvalue weighted by atomic mass is 16.2. The first-order valence-corrected chi connectivity index (χ1v) is 7.02. The molecule has 2 amide bonds. The van der Waals surface area contributed by atoms with E-state index in [9.17, 15) is 9.59 Å². The zero-order valence-electron chi connectivity index (χ0n) is 11.4. The summed E-state index contributed by atoms with van der Waals surface area (Å²) in [6, 6.07) is 7.91. The fourth-order valence-electron chi connectivity index (χ4n) is 3.01. The minimum atomic E-state index is -0.118. The number of nitrogens with two attached hydrogens (primary N) is 1. The lowest BCUT2D eigenvalue weighted by Gasteiger charge is -2.42. The number of rotatable bonds is 3. The molecule has 5 nitrogen and oxygen atoms in total. The summed E-state index contributed by atoms with van der Waals surface area (Å²) in [6.07, 6.45) is 3.40. The first-order valence-electron chi connectivity index (χ1n) is 7.02. The number of piperazine rings is 1. The molecule has 5 heteroatoms. The van der Waals surface area contributed by atoms with Crippen LogP contribution in [0.15, 0.2) is 24.3 Å². The van der Waals surface area contributed by atoms with E-state index in [4.69, 9.17) is 5.73 Å². The summed E-state index contributed by atoms with van der Waals surface area (Å²) in [5.74, 6) is -0.190. The zero-order chi connectivity index (χ0) is 14.2. The summed E-state index contributed by atoms with van der Waals surface area (Å²) in [6.45, 7) is 0.799. The molecule has 20 heavy (non-hydrogen) atoms. The average molecular weight is 273 g/mol. The van der Waals surface area contributed by atoms with Gasteiger partial charge in [0.2, 0.25) is 11.8 Å². The number of nitrogens with zero attached hydrogens (tertiary/aromatic N) is 1. The van der Waals surface area contributed by atoms with E-state index in [1.54, 1.807) is 4.90 Å². The van der Waals surface area contributed by atoms with Crippen molar-refractivity contribution in [3.8, 4) is 0 Å². The number of amides is 2. The molecular weight excluding hydrogens is 254 g/mol. The van der Waals surface area contributed by atoms with Crippen LogP contribution < -0.4 is 16.0 Å². The Morgan fingerprint density at radius 2 is 2.10 bits per heavy atom. The molecule has 0 spiro atoms. The number of benzene rings is 1. The van der Waals surface area contributed by atoms with Gasteiger partial charge in [0.15, 0.2) is 0 Å². The summed E-state index contributed by atoms with van der Waals surface area (Å²) in [7, 11) is 0. The number of carbonyl (C=O) groups is 2. The van der Waals surface area contributed by atoms with Gasteiger partial charge < -0.3 is 16.0 Å². The van der Waals surface area contributed by atoms with Crippen molar-refractivity contribution in [2.75, 3.05) is 24.5 Å². The van der Waals surface area contributed by atoms with Crippen LogP contribution in [0, 0.1) is 0 Å². The maximum absolute atomic E-state index is 11.9. The number of nitrogens with one attached hydrogen (secondary N) is 1. The Balaban J connectivity index is 1.91. The summed E-state index contributed by atoms with van der Waals surface area (Å²) >= 11 is 0. The van der Waals surface area contributed by atoms with Gasteiger partial charge in [-0.3, -0.25) is 9.59 Å². The van der Waals surface area contributed by atoms with E-state index in [0.717, 1.165) is 18.5 Å². The molecule has 0 unspecified atom stereocenters. The van der Waals surface area contributed by atoms with E-state index < -0.39 is 0 Å². The van der Waals surface area contributed by atoms with Gasteiger partial charge in [-0.1, -0.05) is 18.6 Å². The minimum Gasteiger partial charge on any atom is -0.345 e. The molecule has 2 aliphatic rings. The molecule has 1 aliphatic carbocycles. The third-order valence-electron chi connectivity index (χ3n) is 4.51. The molecular formula is C15H19N3O2. The molecule has 3 rings (SSSR count). The highest BCUT2D eigenvalue weighted by Crippen LogP contribution is 2.43. The van der Waals surface area contributed by atoms with Crippen LogP contribution in [0.4, 0.5) is 5.69 Å². The smallest absolute Gasteiger partial charge is 0.246 e. The molecule has 1 saturated heterocycles. The third kappa shape index (κ3) is 2.08. The second-order valence-electron chi connectivity index (χ2n) is 5.64. The van der Waals surface area contributed by atoms with Gasteiger partial charge in [-0.15, -0.1) is 0 Å². The number of anilines is 1. The predicted molar refractivity (Wildman–Crippen MR) is 76.4 cm³/mol. The van der Waals surface area contributed by atoms with Crippen molar-refractivity contribution in [3.05, 3.63) is 29.8 Å². The molecule has 0 bridgehead atoms. The molecule has 0 atom stereocenters. The Kier molecular flexibility index (Phi) is 3.22. The van der Waals surface area contributed by atoms with Gasteiger partial charge in [0.1, 0.15) is 6.54 Å². The van der Waals surface area contributed by atoms with Crippen LogP contribution in [-0.4, -0.2) is 31.4 Å². The maximum Gasteiger partial charge on any atom is 0.246 e. The van der Waals surface area contributed by atoms with Crippen molar-refractivity contribution in [2.24, 2.45) is 5.73 Å². The average Bonchev–Trinajstić information content (AvgIpc) is 2.41. The Morgan fingerprint density at radius 3 is 2.75 bits per heavy atom. The Bertz CT molecular complexity index is 546. The van der Waals surface area contributed by atoms with Crippen molar-refractivity contribution < 1.29 is 9.59 Å². The SMILES string of the molecule is NCC1(c2cccc(N3CC(=O)NCC3=O)c2)CCC1. The van der Waals surface area contributed by atoms with Gasteiger partial charge in [0.25, 0.3) is 0 Å². The lowest BCUT2D eigenvalue weighted by molar-refractivity contribution is -0.128.